The number of likely N-dealkylation sites (N-methyl/N-ethyl adjacent to an activating group) is 1. The number of carbonyl (C=O) groups excluding carboxylic acids is 10. The fourth-order valence-electron chi connectivity index (χ4n) is 17.6. The summed E-state index contributed by atoms with van der Waals surface area (Å²) in [5.74, 6) is -23.8. The van der Waals surface area contributed by atoms with Gasteiger partial charge in [0.25, 0.3) is 0 Å². The molecule has 778 valence electrons. The van der Waals surface area contributed by atoms with Gasteiger partial charge in [-0.3, -0.25) is 57.6 Å². The van der Waals surface area contributed by atoms with Gasteiger partial charge in [-0.1, -0.05) is 103 Å². The van der Waals surface area contributed by atoms with Crippen LogP contribution in [0.3, 0.4) is 0 Å². The zero-order valence-electron chi connectivity index (χ0n) is 78.5. The summed E-state index contributed by atoms with van der Waals surface area (Å²) in [7, 11) is 1.03. The van der Waals surface area contributed by atoms with Crippen LogP contribution in [0.25, 0.3) is 22.3 Å². The predicted molar refractivity (Wildman–Crippen MR) is 502 cm³/mol. The van der Waals surface area contributed by atoms with Crippen LogP contribution in [0.15, 0.2) is 127 Å². The molecular weight excluding hydrogens is 1970 g/mol. The van der Waals surface area contributed by atoms with Crippen molar-refractivity contribution in [1.82, 2.24) is 47.0 Å². The molecule has 0 saturated carbocycles. The monoisotopic (exact) mass is 2080 g/mol. The number of aliphatic carboxylic acids is 3. The average molecular weight is 2080 g/mol. The van der Waals surface area contributed by atoms with Crippen molar-refractivity contribution < 1.29 is 171 Å². The summed E-state index contributed by atoms with van der Waals surface area (Å²) in [6, 6.07) is 11.7. The van der Waals surface area contributed by atoms with E-state index < -0.39 is 352 Å². The second kappa shape index (κ2) is 45.9. The molecule has 145 heavy (non-hydrogen) atoms. The Morgan fingerprint density at radius 3 is 1.80 bits per heavy atom. The molecule has 7 aromatic carbocycles. The summed E-state index contributed by atoms with van der Waals surface area (Å²) in [6.07, 6.45) is -27.7. The van der Waals surface area contributed by atoms with Crippen molar-refractivity contribution in [2.45, 2.75) is 220 Å². The van der Waals surface area contributed by atoms with E-state index in [1.54, 1.807) is 32.9 Å². The van der Waals surface area contributed by atoms with Gasteiger partial charge in [0, 0.05) is 71.7 Å². The lowest BCUT2D eigenvalue weighted by Crippen LogP contribution is -2.65. The zero-order valence-corrected chi connectivity index (χ0v) is 80.7. The first kappa shape index (κ1) is 109. The van der Waals surface area contributed by atoms with Crippen molar-refractivity contribution in [2.75, 3.05) is 33.5 Å². The van der Waals surface area contributed by atoms with Crippen LogP contribution in [-0.4, -0.2) is 285 Å². The van der Waals surface area contributed by atoms with Crippen molar-refractivity contribution >= 4 is 112 Å². The molecule has 9 amide bonds. The largest absolute Gasteiger partial charge is 0.508 e. The fraction of sp³-hybridized carbons (Fsp3) is 0.427. The molecule has 0 radical (unpaired) electrons. The van der Waals surface area contributed by atoms with E-state index in [0.717, 1.165) is 96.5 Å². The highest BCUT2D eigenvalue weighted by Crippen LogP contribution is 2.51. The van der Waals surface area contributed by atoms with Gasteiger partial charge in [-0.15, -0.1) is 0 Å². The summed E-state index contributed by atoms with van der Waals surface area (Å²) in [5, 5.41) is 154. The van der Waals surface area contributed by atoms with Crippen LogP contribution in [0.4, 0.5) is 4.79 Å². The van der Waals surface area contributed by atoms with Crippen LogP contribution >= 0.6 is 34.8 Å². The molecular formula is C96H108Cl3N11O35. The molecule has 3 fully saturated rings. The minimum Gasteiger partial charge on any atom is -0.508 e. The zero-order chi connectivity index (χ0) is 106. The maximum absolute atomic E-state index is 16.7. The standard InChI is InChI=1S/C96H108Cl3N11O35/c1-40(2)24-57(109(7)94(135)137-39-136-69(121)23-22-66(116)110(36-67(117)118)37-68(119)120)87(128)107-76-78(122)47-15-20-60(54(98)26-47)140-62-28-49-29-63(82(62)145-93-83(80(124)79(123)64(38-111)142-93)144-71-34-96(6,85(126)42(4)139-71)102-35-43-8-10-44(11-9-43)45-12-17-50(97)18-13-45)141-61-21-16-48(27-55(61)99)81(143-70-33-95(5,101)84(125)41(3)138-70)77-91(132)106-75(92(133)134)53-30-51(112)31-59(114)72(53)52-25-46(14-19-58(52)113)73(88(129)108-77)105-89(130)74(49)104-86(127)56(32-65(100)115)103-90(76)131/h8-21,25-31,40-42,56-57,64,70-71,73-81,83-85,93,102,111-114,122-126H,22-24,32-39,101H2,1-7H3,(H2,100,115)(H,103,131)(H,104,127)(H,105,130)(H,106,132)(H,107,128)(H,108,129)(H,117,118)(H,119,120)(H,133,134)/t41-,42-,56-,57+,64+,70-,71-,73+,74+,75-,76+,77-,78+,79+,80-,81+,83+,84-,85-,93?,95-,96-/m0/s1. The minimum absolute atomic E-state index is 0.147. The number of benzene rings is 7. The number of ether oxygens (including phenoxy) is 10. The third kappa shape index (κ3) is 25.6. The lowest BCUT2D eigenvalue weighted by molar-refractivity contribution is -0.334. The Hall–Kier alpha value is -13.4. The minimum atomic E-state index is -2.53. The molecule has 8 heterocycles. The summed E-state index contributed by atoms with van der Waals surface area (Å²) < 4.78 is 63.1. The molecule has 8 aliphatic rings. The smallest absolute Gasteiger partial charge is 0.413 e. The molecule has 49 heteroatoms. The van der Waals surface area contributed by atoms with Crippen molar-refractivity contribution in [3.8, 4) is 68.2 Å². The number of rotatable bonds is 28. The topological polar surface area (TPSA) is 700 Å². The number of hydrogen-bond acceptors (Lipinski definition) is 34. The highest BCUT2D eigenvalue weighted by Gasteiger charge is 2.54. The number of amides is 9. The number of carboxylic acid groups (broad SMARTS) is 3. The Labute approximate surface area is 840 Å². The molecule has 3 saturated heterocycles. The van der Waals surface area contributed by atoms with Crippen molar-refractivity contribution in [2.24, 2.45) is 17.4 Å². The highest BCUT2D eigenvalue weighted by atomic mass is 35.5. The van der Waals surface area contributed by atoms with Gasteiger partial charge < -0.3 is 162 Å². The summed E-state index contributed by atoms with van der Waals surface area (Å²) in [4.78, 5) is 187. The van der Waals surface area contributed by atoms with E-state index in [1.165, 1.54) is 26.8 Å². The molecule has 0 aromatic heterocycles. The number of phenols is 3. The number of esters is 1. The van der Waals surface area contributed by atoms with Crippen LogP contribution in [0, 0.1) is 5.92 Å². The molecule has 15 rings (SSSR count). The number of aliphatic hydroxyl groups is 6. The number of halogens is 3. The van der Waals surface area contributed by atoms with E-state index in [4.69, 9.17) is 93.6 Å². The van der Waals surface area contributed by atoms with Gasteiger partial charge in [0.15, 0.2) is 36.2 Å². The number of aromatic hydroxyl groups is 3. The molecule has 7 aromatic rings. The summed E-state index contributed by atoms with van der Waals surface area (Å²) >= 11 is 20.9. The highest BCUT2D eigenvalue weighted by molar-refractivity contribution is 6.32. The normalized spacial score (nSPS) is 27.0. The van der Waals surface area contributed by atoms with E-state index in [2.05, 4.69) is 37.2 Å². The maximum atomic E-state index is 16.7. The molecule has 8 aliphatic heterocycles. The van der Waals surface area contributed by atoms with Gasteiger partial charge in [0.2, 0.25) is 66.1 Å². The molecule has 0 aliphatic carbocycles. The molecule has 11 bridgehead atoms. The van der Waals surface area contributed by atoms with Crippen molar-refractivity contribution in [3.05, 3.63) is 176 Å². The second-order valence-electron chi connectivity index (χ2n) is 36.6. The van der Waals surface area contributed by atoms with Gasteiger partial charge in [-0.2, -0.15) is 0 Å². The second-order valence-corrected chi connectivity index (χ2v) is 37.8. The fourth-order valence-corrected chi connectivity index (χ4v) is 18.2. The number of primary amides is 1. The summed E-state index contributed by atoms with van der Waals surface area (Å²) in [6.45, 7) is 5.11. The lowest BCUT2D eigenvalue weighted by atomic mass is 9.84. The first-order valence-corrected chi connectivity index (χ1v) is 46.6. The molecule has 0 spiro atoms. The van der Waals surface area contributed by atoms with Gasteiger partial charge >= 0.3 is 30.0 Å². The van der Waals surface area contributed by atoms with Crippen LogP contribution in [0.2, 0.25) is 15.1 Å². The van der Waals surface area contributed by atoms with E-state index in [-0.39, 0.29) is 30.5 Å². The number of carboxylic acids is 3. The molecule has 23 N–H and O–H groups in total. The number of hydrogen-bond donors (Lipinski definition) is 21. The number of phenolic OH excluding ortho intramolecular Hbond substituents is 3. The Bertz CT molecular complexity index is 6070. The quantitative estimate of drug-likeness (QED) is 0.0246. The predicted octanol–water partition coefficient (Wildman–Crippen LogP) is 3.62. The number of aliphatic hydroxyl groups excluding tert-OH is 6. The SMILES string of the molecule is CC(C)C[C@H](C(=O)N[C@H]1C(=O)N[C@@H](CC(N)=O)C(=O)N[C@H]2C(=O)N[C@H]3C(=O)N[C@H](C(=O)N[C@H](C(=O)O)c4cc(O)cc(O)c4-c4cc3ccc4O)[C@H](O[C@H]3C[C@](C)(N)[C@@H](O)[C@H](C)O3)c3ccc(c(Cl)c3)Oc3cc2cc(c3OC2O[C@H](CO)[C@@H](O)[C@H](O)[C@H]2O[C@H]2C[C@](C)(NCc3ccc(-c4ccc(Cl)cc4)cc3)[C@@H](O)[C@H](C)O2)Oc2ccc(cc2Cl)[C@H]1O)N(C)C(=O)OCOC(=O)CCC(=O)N(CC(=O)O)CC(=O)O. The lowest BCUT2D eigenvalue weighted by Gasteiger charge is -2.48. The maximum Gasteiger partial charge on any atom is 0.413 e. The van der Waals surface area contributed by atoms with Crippen molar-refractivity contribution in [3.63, 3.8) is 0 Å². The van der Waals surface area contributed by atoms with Gasteiger partial charge in [0.05, 0.1) is 53.9 Å². The van der Waals surface area contributed by atoms with Crippen LogP contribution in [-0.2, 0) is 97.2 Å². The Morgan fingerprint density at radius 1 is 0.614 bits per heavy atom. The third-order valence-electron chi connectivity index (χ3n) is 25.3. The Balaban J connectivity index is 0.965. The Kier molecular flexibility index (Phi) is 34.5. The van der Waals surface area contributed by atoms with Crippen LogP contribution < -0.4 is 62.9 Å². The van der Waals surface area contributed by atoms with Crippen molar-refractivity contribution in [1.29, 1.82) is 0 Å². The van der Waals surface area contributed by atoms with E-state index >= 15 is 28.8 Å². The number of nitrogens with one attached hydrogen (secondary N) is 7. The van der Waals surface area contributed by atoms with E-state index in [1.807, 2.05) is 36.4 Å². The van der Waals surface area contributed by atoms with Crippen LogP contribution in [0.1, 0.15) is 144 Å². The van der Waals surface area contributed by atoms with E-state index in [0.29, 0.717) is 14.8 Å². The first-order chi connectivity index (χ1) is 68.5. The molecule has 1 unspecified atom stereocenters. The van der Waals surface area contributed by atoms with Gasteiger partial charge in [-0.25, -0.2) is 9.59 Å². The number of carbonyl (C=O) groups is 13. The van der Waals surface area contributed by atoms with E-state index in [9.17, 15) is 94.8 Å². The van der Waals surface area contributed by atoms with Gasteiger partial charge in [-0.05, 0) is 146 Å². The number of fused-ring (bicyclic) bond motifs is 15. The molecule has 22 atom stereocenters. The average Bonchev–Trinajstić information content (AvgIpc) is 0.756. The first-order valence-electron chi connectivity index (χ1n) is 45.4. The third-order valence-corrected chi connectivity index (χ3v) is 26.1. The summed E-state index contributed by atoms with van der Waals surface area (Å²) in [5.41, 5.74) is 8.84. The van der Waals surface area contributed by atoms with Crippen LogP contribution in [0.5, 0.6) is 46.0 Å². The van der Waals surface area contributed by atoms with Gasteiger partial charge in [0.1, 0.15) is 109 Å². The number of nitrogens with zero attached hydrogens (tertiary/aromatic N) is 2. The Morgan fingerprint density at radius 2 is 1.20 bits per heavy atom. The molecule has 46 nitrogen and oxygen atoms in total. The number of nitrogens with two attached hydrogens (primary N) is 2.